The smallest absolute Gasteiger partial charge is 0.311 e. The topological polar surface area (TPSA) is 46.5 Å². The van der Waals surface area contributed by atoms with Crippen molar-refractivity contribution in [2.75, 3.05) is 6.61 Å². The van der Waals surface area contributed by atoms with E-state index in [1.807, 2.05) is 24.3 Å². The van der Waals surface area contributed by atoms with Gasteiger partial charge in [-0.25, -0.2) is 0 Å². The van der Waals surface area contributed by atoms with Crippen molar-refractivity contribution in [3.63, 3.8) is 0 Å². The Labute approximate surface area is 87.7 Å². The Morgan fingerprint density at radius 2 is 2.13 bits per heavy atom. The predicted molar refractivity (Wildman–Crippen MR) is 54.0 cm³/mol. The van der Waals surface area contributed by atoms with Crippen LogP contribution in [-0.2, 0) is 4.79 Å². The minimum absolute atomic E-state index is 0.111. The van der Waals surface area contributed by atoms with Gasteiger partial charge in [-0.3, -0.25) is 4.79 Å². The maximum absolute atomic E-state index is 11.3. The van der Waals surface area contributed by atoms with Crippen LogP contribution in [0.5, 0.6) is 5.75 Å². The zero-order valence-electron chi connectivity index (χ0n) is 8.27. The van der Waals surface area contributed by atoms with Crippen LogP contribution >= 0.6 is 0 Å². The SMILES string of the molecule is O=C(O)C1c2ccccc2OCC12CC2. The minimum atomic E-state index is -0.719. The van der Waals surface area contributed by atoms with Crippen LogP contribution in [0.4, 0.5) is 0 Å². The van der Waals surface area contributed by atoms with Crippen LogP contribution in [0.25, 0.3) is 0 Å². The molecule has 1 heterocycles. The normalized spacial score (nSPS) is 25.5. The average molecular weight is 204 g/mol. The van der Waals surface area contributed by atoms with Crippen LogP contribution < -0.4 is 4.74 Å². The molecule has 1 fully saturated rings. The molecule has 78 valence electrons. The van der Waals surface area contributed by atoms with E-state index in [9.17, 15) is 9.90 Å². The number of carboxylic acids is 1. The van der Waals surface area contributed by atoms with E-state index in [2.05, 4.69) is 0 Å². The van der Waals surface area contributed by atoms with Crippen molar-refractivity contribution in [2.24, 2.45) is 5.41 Å². The standard InChI is InChI=1S/C12H12O3/c13-11(14)10-8-3-1-2-4-9(8)15-7-12(10)5-6-12/h1-4,10H,5-7H2,(H,13,14). The molecular formula is C12H12O3. The Balaban J connectivity index is 2.12. The molecule has 3 nitrogen and oxygen atoms in total. The van der Waals surface area contributed by atoms with E-state index in [0.29, 0.717) is 6.61 Å². The molecule has 1 saturated carbocycles. The lowest BCUT2D eigenvalue weighted by Gasteiger charge is -2.31. The highest BCUT2D eigenvalue weighted by Crippen LogP contribution is 2.59. The number of hydrogen-bond donors (Lipinski definition) is 1. The fourth-order valence-electron chi connectivity index (χ4n) is 2.47. The fourth-order valence-corrected chi connectivity index (χ4v) is 2.47. The molecule has 1 aliphatic heterocycles. The summed E-state index contributed by atoms with van der Waals surface area (Å²) in [4.78, 5) is 11.3. The second-order valence-electron chi connectivity index (χ2n) is 4.46. The van der Waals surface area contributed by atoms with E-state index in [0.717, 1.165) is 24.2 Å². The molecule has 0 bridgehead atoms. The van der Waals surface area contributed by atoms with Gasteiger partial charge >= 0.3 is 5.97 Å². The van der Waals surface area contributed by atoms with Gasteiger partial charge in [0.05, 0.1) is 12.5 Å². The molecule has 0 radical (unpaired) electrons. The summed E-state index contributed by atoms with van der Waals surface area (Å²) in [5.74, 6) is -0.354. The zero-order chi connectivity index (χ0) is 10.5. The van der Waals surface area contributed by atoms with Gasteiger partial charge in [0.2, 0.25) is 0 Å². The van der Waals surface area contributed by atoms with Gasteiger partial charge in [0.1, 0.15) is 5.75 Å². The summed E-state index contributed by atoms with van der Waals surface area (Å²) in [7, 11) is 0. The van der Waals surface area contributed by atoms with Gasteiger partial charge in [0.15, 0.2) is 0 Å². The molecule has 1 unspecified atom stereocenters. The molecule has 0 amide bonds. The Hall–Kier alpha value is -1.51. The van der Waals surface area contributed by atoms with Gasteiger partial charge in [-0.2, -0.15) is 0 Å². The van der Waals surface area contributed by atoms with Gasteiger partial charge < -0.3 is 9.84 Å². The lowest BCUT2D eigenvalue weighted by molar-refractivity contribution is -0.141. The Bertz CT molecular complexity index is 421. The maximum atomic E-state index is 11.3. The third kappa shape index (κ3) is 1.16. The molecule has 1 aromatic carbocycles. The molecule has 0 saturated heterocycles. The first-order valence-electron chi connectivity index (χ1n) is 5.17. The first kappa shape index (κ1) is 8.77. The molecular weight excluding hydrogens is 192 g/mol. The summed E-state index contributed by atoms with van der Waals surface area (Å²) in [6.07, 6.45) is 1.94. The number of carbonyl (C=O) groups is 1. The van der Waals surface area contributed by atoms with Crippen LogP contribution in [-0.4, -0.2) is 17.7 Å². The van der Waals surface area contributed by atoms with E-state index in [-0.39, 0.29) is 11.3 Å². The highest BCUT2D eigenvalue weighted by molar-refractivity contribution is 5.79. The molecule has 3 heteroatoms. The summed E-state index contributed by atoms with van der Waals surface area (Å²) in [5, 5.41) is 9.31. The van der Waals surface area contributed by atoms with E-state index >= 15 is 0 Å². The molecule has 2 aliphatic rings. The van der Waals surface area contributed by atoms with Crippen molar-refractivity contribution < 1.29 is 14.6 Å². The molecule has 1 N–H and O–H groups in total. The van der Waals surface area contributed by atoms with Gasteiger partial charge in [-0.15, -0.1) is 0 Å². The van der Waals surface area contributed by atoms with Crippen molar-refractivity contribution in [1.29, 1.82) is 0 Å². The average Bonchev–Trinajstić information content (AvgIpc) is 2.98. The van der Waals surface area contributed by atoms with Crippen molar-refractivity contribution >= 4 is 5.97 Å². The first-order valence-corrected chi connectivity index (χ1v) is 5.17. The maximum Gasteiger partial charge on any atom is 0.311 e. The summed E-state index contributed by atoms with van der Waals surface area (Å²) in [5.41, 5.74) is 0.731. The highest BCUT2D eigenvalue weighted by atomic mass is 16.5. The number of aliphatic carboxylic acids is 1. The first-order chi connectivity index (χ1) is 7.23. The van der Waals surface area contributed by atoms with Crippen LogP contribution in [0.3, 0.4) is 0 Å². The lowest BCUT2D eigenvalue weighted by Crippen LogP contribution is -2.32. The molecule has 3 rings (SSSR count). The zero-order valence-corrected chi connectivity index (χ0v) is 8.27. The molecule has 15 heavy (non-hydrogen) atoms. The lowest BCUT2D eigenvalue weighted by atomic mass is 9.81. The molecule has 1 atom stereocenters. The largest absolute Gasteiger partial charge is 0.493 e. The second kappa shape index (κ2) is 2.75. The number of fused-ring (bicyclic) bond motifs is 1. The number of rotatable bonds is 1. The van der Waals surface area contributed by atoms with Crippen molar-refractivity contribution in [3.8, 4) is 5.75 Å². The number of benzene rings is 1. The summed E-state index contributed by atoms with van der Waals surface area (Å²) < 4.78 is 5.62. The molecule has 1 aromatic rings. The monoisotopic (exact) mass is 204 g/mol. The van der Waals surface area contributed by atoms with Crippen molar-refractivity contribution in [2.45, 2.75) is 18.8 Å². The molecule has 0 aromatic heterocycles. The highest BCUT2D eigenvalue weighted by Gasteiger charge is 2.56. The summed E-state index contributed by atoms with van der Waals surface area (Å²) in [6.45, 7) is 0.557. The third-order valence-corrected chi connectivity index (χ3v) is 3.50. The predicted octanol–water partition coefficient (Wildman–Crippen LogP) is 2.03. The molecule has 1 aliphatic carbocycles. The van der Waals surface area contributed by atoms with Crippen LogP contribution in [0.2, 0.25) is 0 Å². The Kier molecular flexibility index (Phi) is 1.61. The van der Waals surface area contributed by atoms with Crippen LogP contribution in [0.15, 0.2) is 24.3 Å². The number of ether oxygens (including phenoxy) is 1. The number of carboxylic acid groups (broad SMARTS) is 1. The van der Waals surface area contributed by atoms with E-state index in [1.165, 1.54) is 0 Å². The fraction of sp³-hybridized carbons (Fsp3) is 0.417. The minimum Gasteiger partial charge on any atom is -0.493 e. The van der Waals surface area contributed by atoms with Gasteiger partial charge in [-0.05, 0) is 18.9 Å². The van der Waals surface area contributed by atoms with E-state index < -0.39 is 5.97 Å². The van der Waals surface area contributed by atoms with Crippen molar-refractivity contribution in [3.05, 3.63) is 29.8 Å². The van der Waals surface area contributed by atoms with E-state index in [1.54, 1.807) is 0 Å². The van der Waals surface area contributed by atoms with Gasteiger partial charge in [-0.1, -0.05) is 18.2 Å². The Morgan fingerprint density at radius 1 is 1.40 bits per heavy atom. The van der Waals surface area contributed by atoms with Gasteiger partial charge in [0, 0.05) is 11.0 Å². The summed E-state index contributed by atoms with van der Waals surface area (Å²) in [6, 6.07) is 7.47. The van der Waals surface area contributed by atoms with Crippen LogP contribution in [0, 0.1) is 5.41 Å². The third-order valence-electron chi connectivity index (χ3n) is 3.50. The Morgan fingerprint density at radius 3 is 2.80 bits per heavy atom. The summed E-state index contributed by atoms with van der Waals surface area (Å²) >= 11 is 0. The van der Waals surface area contributed by atoms with Crippen LogP contribution in [0.1, 0.15) is 24.3 Å². The second-order valence-corrected chi connectivity index (χ2v) is 4.46. The molecule has 1 spiro atoms. The number of para-hydroxylation sites is 1. The number of hydrogen-bond acceptors (Lipinski definition) is 2. The van der Waals surface area contributed by atoms with E-state index in [4.69, 9.17) is 4.74 Å². The van der Waals surface area contributed by atoms with Gasteiger partial charge in [0.25, 0.3) is 0 Å². The van der Waals surface area contributed by atoms with Crippen molar-refractivity contribution in [1.82, 2.24) is 0 Å². The quantitative estimate of drug-likeness (QED) is 0.761.